The van der Waals surface area contributed by atoms with Crippen LogP contribution in [0.5, 0.6) is 5.75 Å². The van der Waals surface area contributed by atoms with Crippen molar-refractivity contribution in [2.75, 3.05) is 12.4 Å². The number of hydrogen-bond acceptors (Lipinski definition) is 6. The molecular formula is C34H28BrN3O4S. The molecule has 1 amide bonds. The molecule has 0 spiro atoms. The van der Waals surface area contributed by atoms with Crippen molar-refractivity contribution < 1.29 is 13.9 Å². The van der Waals surface area contributed by atoms with Crippen LogP contribution >= 0.6 is 27.3 Å². The van der Waals surface area contributed by atoms with Gasteiger partial charge in [-0.3, -0.25) is 14.2 Å². The lowest BCUT2D eigenvalue weighted by Crippen LogP contribution is -2.40. The van der Waals surface area contributed by atoms with Crippen molar-refractivity contribution in [1.82, 2.24) is 4.57 Å². The number of ether oxygens (including phenoxy) is 1. The first-order valence-electron chi connectivity index (χ1n) is 13.6. The van der Waals surface area contributed by atoms with E-state index in [1.807, 2.05) is 99.6 Å². The molecule has 1 N–H and O–H groups in total. The number of rotatable bonds is 6. The van der Waals surface area contributed by atoms with Crippen LogP contribution in [0.3, 0.4) is 0 Å². The van der Waals surface area contributed by atoms with E-state index in [4.69, 9.17) is 14.1 Å². The van der Waals surface area contributed by atoms with Gasteiger partial charge in [0.15, 0.2) is 4.80 Å². The third-order valence-corrected chi connectivity index (χ3v) is 8.87. The average molecular weight is 655 g/mol. The number of thiazole rings is 1. The Balaban J connectivity index is 1.44. The highest BCUT2D eigenvalue weighted by molar-refractivity contribution is 9.10. The number of hydrogen-bond donors (Lipinski definition) is 1. The zero-order chi connectivity index (χ0) is 30.2. The molecule has 0 aliphatic carbocycles. The fourth-order valence-corrected chi connectivity index (χ4v) is 6.48. The second-order valence-electron chi connectivity index (χ2n) is 10.3. The summed E-state index contributed by atoms with van der Waals surface area (Å²) < 4.78 is 14.5. The molecule has 0 bridgehead atoms. The van der Waals surface area contributed by atoms with E-state index >= 15 is 0 Å². The largest absolute Gasteiger partial charge is 0.497 e. The topological polar surface area (TPSA) is 85.8 Å². The van der Waals surface area contributed by atoms with Gasteiger partial charge in [0.2, 0.25) is 0 Å². The Bertz CT molecular complexity index is 2070. The van der Waals surface area contributed by atoms with Gasteiger partial charge < -0.3 is 14.5 Å². The Morgan fingerprint density at radius 1 is 1.02 bits per heavy atom. The van der Waals surface area contributed by atoms with Gasteiger partial charge in [0.05, 0.1) is 29.0 Å². The molecule has 1 aliphatic rings. The van der Waals surface area contributed by atoms with Gasteiger partial charge in [-0.05, 0) is 74.4 Å². The van der Waals surface area contributed by atoms with E-state index in [1.54, 1.807) is 17.8 Å². The van der Waals surface area contributed by atoms with Crippen LogP contribution < -0.4 is 24.9 Å². The highest BCUT2D eigenvalue weighted by atomic mass is 79.9. The van der Waals surface area contributed by atoms with Gasteiger partial charge in [0.1, 0.15) is 17.3 Å². The number of nitrogens with zero attached hydrogens (tertiary/aromatic N) is 2. The third-order valence-electron chi connectivity index (χ3n) is 7.36. The van der Waals surface area contributed by atoms with Crippen molar-refractivity contribution in [3.8, 4) is 17.1 Å². The number of amides is 1. The van der Waals surface area contributed by atoms with Crippen molar-refractivity contribution in [3.05, 3.63) is 137 Å². The number of furan rings is 1. The number of carbonyl (C=O) groups is 1. The molecule has 2 aromatic heterocycles. The van der Waals surface area contributed by atoms with Crippen molar-refractivity contribution in [1.29, 1.82) is 0 Å². The molecule has 0 unspecified atom stereocenters. The molecule has 5 aromatic rings. The van der Waals surface area contributed by atoms with Gasteiger partial charge in [0, 0.05) is 21.8 Å². The van der Waals surface area contributed by atoms with Gasteiger partial charge in [-0.25, -0.2) is 4.99 Å². The predicted molar refractivity (Wildman–Crippen MR) is 173 cm³/mol. The van der Waals surface area contributed by atoms with E-state index in [0.29, 0.717) is 43.6 Å². The maximum atomic E-state index is 14.0. The number of aryl methyl sites for hydroxylation is 2. The minimum absolute atomic E-state index is 0.254. The SMILES string of the molecule is COc1ccc([C@H]2C(C(=O)Nc3ccc(C)cc3C)=C(C)N=c3s/c(=C\c4ccc(-c5ccc(Br)cc5)o4)c(=O)n32)cc1. The van der Waals surface area contributed by atoms with Crippen LogP contribution in [0.4, 0.5) is 5.69 Å². The molecule has 0 fully saturated rings. The summed E-state index contributed by atoms with van der Waals surface area (Å²) in [5, 5.41) is 3.06. The first-order chi connectivity index (χ1) is 20.7. The molecule has 0 saturated carbocycles. The smallest absolute Gasteiger partial charge is 0.271 e. The van der Waals surface area contributed by atoms with E-state index in [1.165, 1.54) is 11.3 Å². The minimum atomic E-state index is -0.690. The average Bonchev–Trinajstić information content (AvgIpc) is 3.58. The fraction of sp³-hybridized carbons (Fsp3) is 0.147. The summed E-state index contributed by atoms with van der Waals surface area (Å²) >= 11 is 4.72. The highest BCUT2D eigenvalue weighted by Crippen LogP contribution is 2.32. The molecule has 0 radical (unpaired) electrons. The lowest BCUT2D eigenvalue weighted by Gasteiger charge is -2.25. The molecule has 0 saturated heterocycles. The Labute approximate surface area is 260 Å². The van der Waals surface area contributed by atoms with Crippen LogP contribution in [0.15, 0.2) is 109 Å². The Morgan fingerprint density at radius 3 is 2.47 bits per heavy atom. The minimum Gasteiger partial charge on any atom is -0.497 e. The van der Waals surface area contributed by atoms with Crippen molar-refractivity contribution in [2.24, 2.45) is 4.99 Å². The van der Waals surface area contributed by atoms with Crippen molar-refractivity contribution >= 4 is 44.9 Å². The van der Waals surface area contributed by atoms with E-state index in [-0.39, 0.29) is 11.5 Å². The maximum Gasteiger partial charge on any atom is 0.271 e. The van der Waals surface area contributed by atoms with Gasteiger partial charge in [-0.2, -0.15) is 0 Å². The van der Waals surface area contributed by atoms with Gasteiger partial charge in [0.25, 0.3) is 11.5 Å². The fourth-order valence-electron chi connectivity index (χ4n) is 5.19. The highest BCUT2D eigenvalue weighted by Gasteiger charge is 2.32. The standard InChI is InChI=1S/C34H28BrN3O4S/c1-19-5-15-27(20(2)17-19)37-32(39)30-21(3)36-34-38(31(30)23-8-12-25(41-4)13-9-23)33(40)29(43-34)18-26-14-16-28(42-26)22-6-10-24(35)11-7-22/h5-18,31H,1-4H3,(H,37,39)/b29-18-/t31-/m0/s1. The number of anilines is 1. The molecule has 7 nitrogen and oxygen atoms in total. The molecular weight excluding hydrogens is 626 g/mol. The lowest BCUT2D eigenvalue weighted by atomic mass is 9.95. The van der Waals surface area contributed by atoms with Crippen LogP contribution in [0, 0.1) is 13.8 Å². The number of halogens is 1. The Kier molecular flexibility index (Phi) is 7.77. The van der Waals surface area contributed by atoms with Crippen LogP contribution in [0.1, 0.15) is 35.4 Å². The summed E-state index contributed by atoms with van der Waals surface area (Å²) in [6.45, 7) is 5.77. The maximum absolute atomic E-state index is 14.0. The first kappa shape index (κ1) is 28.6. The molecule has 43 heavy (non-hydrogen) atoms. The summed E-state index contributed by atoms with van der Waals surface area (Å²) in [6, 6.07) is 24.1. The molecule has 6 rings (SSSR count). The Hall–Kier alpha value is -4.47. The number of nitrogens with one attached hydrogen (secondary N) is 1. The van der Waals surface area contributed by atoms with Gasteiger partial charge in [-0.15, -0.1) is 0 Å². The lowest BCUT2D eigenvalue weighted by molar-refractivity contribution is -0.113. The summed E-state index contributed by atoms with van der Waals surface area (Å²) in [7, 11) is 1.60. The number of aromatic nitrogens is 1. The van der Waals surface area contributed by atoms with Crippen LogP contribution in [-0.2, 0) is 4.79 Å². The predicted octanol–water partition coefficient (Wildman–Crippen LogP) is 6.52. The van der Waals surface area contributed by atoms with E-state index in [0.717, 1.165) is 26.7 Å². The van der Waals surface area contributed by atoms with Gasteiger partial charge >= 0.3 is 0 Å². The third kappa shape index (κ3) is 5.66. The normalized spacial score (nSPS) is 14.8. The van der Waals surface area contributed by atoms with Crippen molar-refractivity contribution in [2.45, 2.75) is 26.8 Å². The molecule has 9 heteroatoms. The second-order valence-corrected chi connectivity index (χ2v) is 12.3. The number of methoxy groups -OCH3 is 1. The summed E-state index contributed by atoms with van der Waals surface area (Å²) in [5.41, 5.74) is 5.16. The van der Waals surface area contributed by atoms with Crippen molar-refractivity contribution in [3.63, 3.8) is 0 Å². The van der Waals surface area contributed by atoms with Crippen LogP contribution in [-0.4, -0.2) is 17.6 Å². The monoisotopic (exact) mass is 653 g/mol. The zero-order valence-electron chi connectivity index (χ0n) is 24.0. The number of fused-ring (bicyclic) bond motifs is 1. The quantitative estimate of drug-likeness (QED) is 0.226. The number of allylic oxidation sites excluding steroid dienone is 1. The number of benzene rings is 3. The molecule has 3 aromatic carbocycles. The zero-order valence-corrected chi connectivity index (χ0v) is 26.4. The first-order valence-corrected chi connectivity index (χ1v) is 15.2. The Morgan fingerprint density at radius 2 is 1.77 bits per heavy atom. The molecule has 216 valence electrons. The number of carbonyl (C=O) groups excluding carboxylic acids is 1. The summed E-state index contributed by atoms with van der Waals surface area (Å²) in [4.78, 5) is 33.2. The van der Waals surface area contributed by atoms with Gasteiger partial charge in [-0.1, -0.05) is 69.2 Å². The molecule has 1 atom stereocenters. The van der Waals surface area contributed by atoms with E-state index in [2.05, 4.69) is 21.2 Å². The van der Waals surface area contributed by atoms with E-state index < -0.39 is 6.04 Å². The molecule has 1 aliphatic heterocycles. The van der Waals surface area contributed by atoms with Crippen LogP contribution in [0.25, 0.3) is 17.4 Å². The summed E-state index contributed by atoms with van der Waals surface area (Å²) in [6.07, 6.45) is 1.73. The summed E-state index contributed by atoms with van der Waals surface area (Å²) in [5.74, 6) is 1.61. The second kappa shape index (κ2) is 11.7. The van der Waals surface area contributed by atoms with Crippen LogP contribution in [0.2, 0.25) is 0 Å². The van der Waals surface area contributed by atoms with E-state index in [9.17, 15) is 9.59 Å². The molecule has 3 heterocycles.